The van der Waals surface area contributed by atoms with Crippen molar-refractivity contribution in [3.63, 3.8) is 0 Å². The maximum atomic E-state index is 4.35. The van der Waals surface area contributed by atoms with E-state index in [0.29, 0.717) is 0 Å². The molecule has 1 N–H and O–H groups in total. The molecule has 0 saturated heterocycles. The van der Waals surface area contributed by atoms with Crippen LogP contribution in [0.1, 0.15) is 13.3 Å². The topological polar surface area (TPSA) is 50.7 Å². The quantitative estimate of drug-likeness (QED) is 0.848. The van der Waals surface area contributed by atoms with Crippen molar-refractivity contribution in [3.05, 3.63) is 36.9 Å². The van der Waals surface area contributed by atoms with Crippen molar-refractivity contribution in [2.75, 3.05) is 11.9 Å². The van der Waals surface area contributed by atoms with E-state index in [4.69, 9.17) is 0 Å². The molecule has 0 unspecified atom stereocenters. The van der Waals surface area contributed by atoms with Crippen LogP contribution in [0.5, 0.6) is 0 Å². The van der Waals surface area contributed by atoms with E-state index in [0.717, 1.165) is 30.0 Å². The van der Waals surface area contributed by atoms with Crippen LogP contribution < -0.4 is 5.32 Å². The predicted octanol–water partition coefficient (Wildman–Crippen LogP) is 2.36. The Bertz CT molecular complexity index is 442. The smallest absolute Gasteiger partial charge is 0.152 e. The number of aromatic nitrogens is 3. The molecule has 0 aliphatic rings. The molecule has 0 atom stereocenters. The van der Waals surface area contributed by atoms with Crippen LogP contribution in [0.25, 0.3) is 11.3 Å². The number of nitrogens with zero attached hydrogens (tertiary/aromatic N) is 3. The van der Waals surface area contributed by atoms with Crippen molar-refractivity contribution in [3.8, 4) is 11.3 Å². The van der Waals surface area contributed by atoms with E-state index >= 15 is 0 Å². The average molecular weight is 214 g/mol. The van der Waals surface area contributed by atoms with Crippen LogP contribution in [0.4, 0.5) is 5.82 Å². The molecule has 0 aliphatic heterocycles. The molecule has 0 radical (unpaired) electrons. The molecule has 0 fully saturated rings. The summed E-state index contributed by atoms with van der Waals surface area (Å²) in [6.07, 6.45) is 7.98. The van der Waals surface area contributed by atoms with Crippen molar-refractivity contribution in [2.24, 2.45) is 0 Å². The molecule has 2 aromatic heterocycles. The molecule has 4 heteroatoms. The SMILES string of the molecule is CCCNc1nccnc1-c1ccncc1. The van der Waals surface area contributed by atoms with Gasteiger partial charge < -0.3 is 5.32 Å². The molecule has 16 heavy (non-hydrogen) atoms. The van der Waals surface area contributed by atoms with Crippen LogP contribution in [-0.4, -0.2) is 21.5 Å². The fourth-order valence-corrected chi connectivity index (χ4v) is 1.43. The summed E-state index contributed by atoms with van der Waals surface area (Å²) in [6.45, 7) is 3.02. The molecule has 2 heterocycles. The van der Waals surface area contributed by atoms with Gasteiger partial charge in [-0.1, -0.05) is 6.92 Å². The molecular formula is C12H14N4. The number of nitrogens with one attached hydrogen (secondary N) is 1. The Balaban J connectivity index is 2.33. The average Bonchev–Trinajstić information content (AvgIpc) is 2.38. The van der Waals surface area contributed by atoms with E-state index in [-0.39, 0.29) is 0 Å². The van der Waals surface area contributed by atoms with E-state index in [1.165, 1.54) is 0 Å². The highest BCUT2D eigenvalue weighted by atomic mass is 15.0. The third-order valence-corrected chi connectivity index (χ3v) is 2.19. The van der Waals surface area contributed by atoms with E-state index in [9.17, 15) is 0 Å². The molecule has 2 rings (SSSR count). The molecule has 0 aliphatic carbocycles. The summed E-state index contributed by atoms with van der Waals surface area (Å²) in [4.78, 5) is 12.6. The van der Waals surface area contributed by atoms with Crippen molar-refractivity contribution in [1.82, 2.24) is 15.0 Å². The Morgan fingerprint density at radius 2 is 1.81 bits per heavy atom. The van der Waals surface area contributed by atoms with Crippen LogP contribution in [-0.2, 0) is 0 Å². The van der Waals surface area contributed by atoms with Gasteiger partial charge in [0.15, 0.2) is 5.82 Å². The first-order valence-corrected chi connectivity index (χ1v) is 5.37. The van der Waals surface area contributed by atoms with Gasteiger partial charge in [0.1, 0.15) is 5.69 Å². The maximum Gasteiger partial charge on any atom is 0.152 e. The molecular weight excluding hydrogens is 200 g/mol. The van der Waals surface area contributed by atoms with E-state index < -0.39 is 0 Å². The van der Waals surface area contributed by atoms with Gasteiger partial charge in [-0.3, -0.25) is 9.97 Å². The molecule has 4 nitrogen and oxygen atoms in total. The molecule has 0 amide bonds. The van der Waals surface area contributed by atoms with Crippen molar-refractivity contribution in [2.45, 2.75) is 13.3 Å². The first-order chi connectivity index (χ1) is 7.92. The zero-order valence-corrected chi connectivity index (χ0v) is 9.22. The molecule has 2 aromatic rings. The van der Waals surface area contributed by atoms with Crippen LogP contribution in [0.2, 0.25) is 0 Å². The molecule has 0 aromatic carbocycles. The Kier molecular flexibility index (Phi) is 3.43. The lowest BCUT2D eigenvalue weighted by atomic mass is 10.2. The standard InChI is InChI=1S/C12H14N4/c1-2-5-15-12-11(14-8-9-16-12)10-3-6-13-7-4-10/h3-4,6-9H,2,5H2,1H3,(H,15,16). The van der Waals surface area contributed by atoms with E-state index in [2.05, 4.69) is 27.2 Å². The zero-order chi connectivity index (χ0) is 11.2. The maximum absolute atomic E-state index is 4.35. The first-order valence-electron chi connectivity index (χ1n) is 5.37. The lowest BCUT2D eigenvalue weighted by Gasteiger charge is -2.08. The van der Waals surface area contributed by atoms with Gasteiger partial charge >= 0.3 is 0 Å². The summed E-state index contributed by atoms with van der Waals surface area (Å²) in [6, 6.07) is 3.86. The van der Waals surface area contributed by atoms with Crippen molar-refractivity contribution in [1.29, 1.82) is 0 Å². The van der Waals surface area contributed by atoms with Gasteiger partial charge in [0.2, 0.25) is 0 Å². The second-order valence-corrected chi connectivity index (χ2v) is 3.42. The molecule has 0 saturated carbocycles. The van der Waals surface area contributed by atoms with Gasteiger partial charge in [-0.15, -0.1) is 0 Å². The van der Waals surface area contributed by atoms with Crippen LogP contribution in [0.15, 0.2) is 36.9 Å². The highest BCUT2D eigenvalue weighted by Crippen LogP contribution is 2.22. The summed E-state index contributed by atoms with van der Waals surface area (Å²) >= 11 is 0. The Hall–Kier alpha value is -1.97. The van der Waals surface area contributed by atoms with Crippen molar-refractivity contribution < 1.29 is 0 Å². The second-order valence-electron chi connectivity index (χ2n) is 3.42. The van der Waals surface area contributed by atoms with Crippen molar-refractivity contribution >= 4 is 5.82 Å². The largest absolute Gasteiger partial charge is 0.368 e. The summed E-state index contributed by atoms with van der Waals surface area (Å²) in [5.74, 6) is 0.829. The van der Waals surface area contributed by atoms with Gasteiger partial charge in [0, 0.05) is 36.9 Å². The summed E-state index contributed by atoms with van der Waals surface area (Å²) in [5.41, 5.74) is 1.90. The summed E-state index contributed by atoms with van der Waals surface area (Å²) in [5, 5.41) is 3.27. The van der Waals surface area contributed by atoms with Crippen LogP contribution >= 0.6 is 0 Å². The highest BCUT2D eigenvalue weighted by Gasteiger charge is 2.05. The van der Waals surface area contributed by atoms with Gasteiger partial charge in [-0.25, -0.2) is 4.98 Å². The summed E-state index contributed by atoms with van der Waals surface area (Å²) < 4.78 is 0. The minimum absolute atomic E-state index is 0.829. The normalized spacial score (nSPS) is 10.1. The zero-order valence-electron chi connectivity index (χ0n) is 9.22. The lowest BCUT2D eigenvalue weighted by molar-refractivity contribution is 0.966. The van der Waals surface area contributed by atoms with Crippen LogP contribution in [0, 0.1) is 0 Å². The molecule has 82 valence electrons. The second kappa shape index (κ2) is 5.21. The monoisotopic (exact) mass is 214 g/mol. The number of anilines is 1. The summed E-state index contributed by atoms with van der Waals surface area (Å²) in [7, 11) is 0. The third kappa shape index (κ3) is 2.34. The fraction of sp³-hybridized carbons (Fsp3) is 0.250. The number of pyridine rings is 1. The Morgan fingerprint density at radius 3 is 2.56 bits per heavy atom. The highest BCUT2D eigenvalue weighted by molar-refractivity contribution is 5.70. The Labute approximate surface area is 94.8 Å². The number of hydrogen-bond acceptors (Lipinski definition) is 4. The first kappa shape index (κ1) is 10.5. The molecule has 0 spiro atoms. The lowest BCUT2D eigenvalue weighted by Crippen LogP contribution is -2.04. The molecule has 0 bridgehead atoms. The Morgan fingerprint density at radius 1 is 1.06 bits per heavy atom. The predicted molar refractivity (Wildman–Crippen MR) is 64.0 cm³/mol. The fourth-order valence-electron chi connectivity index (χ4n) is 1.43. The van der Waals surface area contributed by atoms with E-state index in [1.807, 2.05) is 12.1 Å². The van der Waals surface area contributed by atoms with Gasteiger partial charge in [0.25, 0.3) is 0 Å². The van der Waals surface area contributed by atoms with Gasteiger partial charge in [0.05, 0.1) is 0 Å². The van der Waals surface area contributed by atoms with Gasteiger partial charge in [-0.05, 0) is 18.6 Å². The number of rotatable bonds is 4. The number of hydrogen-bond donors (Lipinski definition) is 1. The van der Waals surface area contributed by atoms with Gasteiger partial charge in [-0.2, -0.15) is 0 Å². The minimum Gasteiger partial charge on any atom is -0.368 e. The third-order valence-electron chi connectivity index (χ3n) is 2.19. The van der Waals surface area contributed by atoms with E-state index in [1.54, 1.807) is 24.8 Å². The van der Waals surface area contributed by atoms with Crippen LogP contribution in [0.3, 0.4) is 0 Å². The minimum atomic E-state index is 0.829.